The van der Waals surface area contributed by atoms with Crippen molar-refractivity contribution in [1.29, 1.82) is 0 Å². The van der Waals surface area contributed by atoms with Crippen molar-refractivity contribution in [3.05, 3.63) is 11.8 Å². The van der Waals surface area contributed by atoms with E-state index in [1.807, 2.05) is 0 Å². The number of esters is 1. The van der Waals surface area contributed by atoms with Crippen LogP contribution in [0.3, 0.4) is 0 Å². The zero-order valence-electron chi connectivity index (χ0n) is 9.56. The molecule has 0 bridgehead atoms. The summed E-state index contributed by atoms with van der Waals surface area (Å²) in [6.07, 6.45) is 0.0741. The Morgan fingerprint density at radius 1 is 1.50 bits per heavy atom. The van der Waals surface area contributed by atoms with Gasteiger partial charge in [-0.05, 0) is 20.8 Å². The van der Waals surface area contributed by atoms with Crippen LogP contribution in [0.5, 0.6) is 0 Å². The molecule has 0 saturated carbocycles. The third-order valence-electron chi connectivity index (χ3n) is 1.75. The fraction of sp³-hybridized carbons (Fsp3) is 0.600. The van der Waals surface area contributed by atoms with Crippen LogP contribution in [0.2, 0.25) is 0 Å². The molecule has 92 valence electrons. The zero-order valence-corrected chi connectivity index (χ0v) is 9.56. The fourth-order valence-electron chi connectivity index (χ4n) is 1.04. The van der Waals surface area contributed by atoms with Crippen molar-refractivity contribution in [3.8, 4) is 0 Å². The van der Waals surface area contributed by atoms with Gasteiger partial charge in [-0.2, -0.15) is 0 Å². The summed E-state index contributed by atoms with van der Waals surface area (Å²) in [6, 6.07) is -1.15. The lowest BCUT2D eigenvalue weighted by Gasteiger charge is -2.18. The molecular formula is C10H17NO5. The van der Waals surface area contributed by atoms with Gasteiger partial charge in [0.25, 0.3) is 0 Å². The molecule has 3 N–H and O–H groups in total. The molecule has 2 atom stereocenters. The van der Waals surface area contributed by atoms with Crippen LogP contribution >= 0.6 is 0 Å². The van der Waals surface area contributed by atoms with Gasteiger partial charge in [-0.15, -0.1) is 0 Å². The number of aliphatic hydroxyl groups is 1. The number of carboxylic acids is 1. The minimum Gasteiger partial charge on any atom is -0.480 e. The number of aliphatic carboxylic acids is 1. The molecule has 6 nitrogen and oxygen atoms in total. The molecule has 0 aliphatic rings. The third kappa shape index (κ3) is 5.35. The van der Waals surface area contributed by atoms with Gasteiger partial charge >= 0.3 is 11.9 Å². The van der Waals surface area contributed by atoms with Crippen LogP contribution in [0.4, 0.5) is 0 Å². The van der Waals surface area contributed by atoms with Gasteiger partial charge in [-0.25, -0.2) is 9.59 Å². The molecule has 6 heteroatoms. The van der Waals surface area contributed by atoms with Crippen LogP contribution in [0.1, 0.15) is 20.8 Å². The smallest absolute Gasteiger partial charge is 0.332 e. The molecule has 0 amide bonds. The van der Waals surface area contributed by atoms with Crippen molar-refractivity contribution >= 4 is 11.9 Å². The van der Waals surface area contributed by atoms with E-state index in [-0.39, 0.29) is 6.61 Å². The van der Waals surface area contributed by atoms with E-state index in [4.69, 9.17) is 5.11 Å². The van der Waals surface area contributed by atoms with E-state index in [0.29, 0.717) is 5.70 Å². The molecule has 0 saturated heterocycles. The van der Waals surface area contributed by atoms with E-state index in [0.717, 1.165) is 6.08 Å². The normalized spacial score (nSPS) is 15.1. The molecule has 0 aromatic rings. The second kappa shape index (κ2) is 6.84. The fourth-order valence-corrected chi connectivity index (χ4v) is 1.04. The lowest BCUT2D eigenvalue weighted by molar-refractivity contribution is -0.142. The largest absolute Gasteiger partial charge is 0.480 e. The number of ether oxygens (including phenoxy) is 1. The van der Waals surface area contributed by atoms with Crippen molar-refractivity contribution in [1.82, 2.24) is 5.32 Å². The van der Waals surface area contributed by atoms with Crippen LogP contribution in [0.15, 0.2) is 11.8 Å². The monoisotopic (exact) mass is 231 g/mol. The lowest BCUT2D eigenvalue weighted by atomic mass is 10.2. The number of aliphatic hydroxyl groups excluding tert-OH is 1. The molecule has 0 aromatic heterocycles. The van der Waals surface area contributed by atoms with Gasteiger partial charge in [0, 0.05) is 11.8 Å². The summed E-state index contributed by atoms with van der Waals surface area (Å²) in [5, 5.41) is 20.5. The molecule has 0 fully saturated rings. The first-order chi connectivity index (χ1) is 7.38. The van der Waals surface area contributed by atoms with Gasteiger partial charge in [0.1, 0.15) is 0 Å². The van der Waals surface area contributed by atoms with Crippen molar-refractivity contribution in [2.24, 2.45) is 0 Å². The predicted molar refractivity (Wildman–Crippen MR) is 56.6 cm³/mol. The molecular weight excluding hydrogens is 214 g/mol. The quantitative estimate of drug-likeness (QED) is 0.435. The van der Waals surface area contributed by atoms with Gasteiger partial charge in [0.15, 0.2) is 6.04 Å². The van der Waals surface area contributed by atoms with E-state index >= 15 is 0 Å². The van der Waals surface area contributed by atoms with E-state index in [1.54, 1.807) is 6.92 Å². The number of allylic oxidation sites excluding steroid dienone is 1. The van der Waals surface area contributed by atoms with Crippen molar-refractivity contribution < 1.29 is 24.5 Å². The number of nitrogens with one attached hydrogen (secondary N) is 1. The van der Waals surface area contributed by atoms with Crippen LogP contribution in [-0.2, 0) is 14.3 Å². The Bertz CT molecular complexity index is 285. The maximum absolute atomic E-state index is 11.0. The van der Waals surface area contributed by atoms with E-state index in [2.05, 4.69) is 10.1 Å². The van der Waals surface area contributed by atoms with Crippen LogP contribution in [0, 0.1) is 0 Å². The summed E-state index contributed by atoms with van der Waals surface area (Å²) >= 11 is 0. The Kier molecular flexibility index (Phi) is 6.17. The first kappa shape index (κ1) is 14.4. The molecule has 0 heterocycles. The number of carboxylic acid groups (broad SMARTS) is 1. The highest BCUT2D eigenvalue weighted by Gasteiger charge is 2.22. The predicted octanol–water partition coefficient (Wildman–Crippen LogP) is -0.123. The molecule has 0 aromatic carbocycles. The highest BCUT2D eigenvalue weighted by Crippen LogP contribution is 1.98. The van der Waals surface area contributed by atoms with Crippen LogP contribution in [0.25, 0.3) is 0 Å². The van der Waals surface area contributed by atoms with Gasteiger partial charge in [-0.1, -0.05) is 0 Å². The molecule has 0 rings (SSSR count). The Morgan fingerprint density at radius 3 is 2.44 bits per heavy atom. The second-order valence-electron chi connectivity index (χ2n) is 3.28. The lowest BCUT2D eigenvalue weighted by Crippen LogP contribution is -2.43. The Morgan fingerprint density at radius 2 is 2.06 bits per heavy atom. The van der Waals surface area contributed by atoms with Crippen molar-refractivity contribution in [3.63, 3.8) is 0 Å². The zero-order chi connectivity index (χ0) is 12.7. The minimum absolute atomic E-state index is 0.251. The van der Waals surface area contributed by atoms with Crippen molar-refractivity contribution in [2.45, 2.75) is 32.9 Å². The average Bonchev–Trinajstić information content (AvgIpc) is 2.13. The minimum atomic E-state index is -1.19. The van der Waals surface area contributed by atoms with Crippen LogP contribution < -0.4 is 5.32 Å². The standard InChI is InChI=1S/C10H17NO5/c1-4-16-8(13)5-6(2)11-9(7(3)12)10(14)15/h5,7,9,11-12H,4H2,1-3H3,(H,14,15)/t7-,9+/m1/s1. The highest BCUT2D eigenvalue weighted by molar-refractivity contribution is 5.83. The summed E-state index contributed by atoms with van der Waals surface area (Å²) in [5.41, 5.74) is 0.326. The number of carbonyl (C=O) groups excluding carboxylic acids is 1. The van der Waals surface area contributed by atoms with Gasteiger partial charge < -0.3 is 20.3 Å². The topological polar surface area (TPSA) is 95.9 Å². The van der Waals surface area contributed by atoms with E-state index < -0.39 is 24.1 Å². The maximum Gasteiger partial charge on any atom is 0.332 e. The summed E-state index contributed by atoms with van der Waals surface area (Å²) in [5.74, 6) is -1.74. The molecule has 0 aliphatic carbocycles. The Balaban J connectivity index is 4.45. The summed E-state index contributed by atoms with van der Waals surface area (Å²) in [6.45, 7) is 4.80. The van der Waals surface area contributed by atoms with Gasteiger partial charge in [-0.3, -0.25) is 0 Å². The van der Waals surface area contributed by atoms with E-state index in [1.165, 1.54) is 13.8 Å². The number of carbonyl (C=O) groups is 2. The Labute approximate surface area is 93.9 Å². The third-order valence-corrected chi connectivity index (χ3v) is 1.75. The summed E-state index contributed by atoms with van der Waals surface area (Å²) in [4.78, 5) is 21.7. The number of hydrogen-bond donors (Lipinski definition) is 3. The summed E-state index contributed by atoms with van der Waals surface area (Å²) in [7, 11) is 0. The van der Waals surface area contributed by atoms with Gasteiger partial charge in [0.2, 0.25) is 0 Å². The number of hydrogen-bond acceptors (Lipinski definition) is 5. The molecule has 0 unspecified atom stereocenters. The maximum atomic E-state index is 11.0. The number of rotatable bonds is 6. The molecule has 0 radical (unpaired) electrons. The SMILES string of the molecule is CCOC(=O)C=C(C)N[C@H](C(=O)O)[C@@H](C)O. The van der Waals surface area contributed by atoms with Crippen molar-refractivity contribution in [2.75, 3.05) is 6.61 Å². The second-order valence-corrected chi connectivity index (χ2v) is 3.28. The highest BCUT2D eigenvalue weighted by atomic mass is 16.5. The van der Waals surface area contributed by atoms with Gasteiger partial charge in [0.05, 0.1) is 12.7 Å². The molecule has 16 heavy (non-hydrogen) atoms. The van der Waals surface area contributed by atoms with Crippen LogP contribution in [-0.4, -0.2) is 40.9 Å². The molecule has 0 spiro atoms. The first-order valence-electron chi connectivity index (χ1n) is 4.91. The molecule has 0 aliphatic heterocycles. The average molecular weight is 231 g/mol. The first-order valence-corrected chi connectivity index (χ1v) is 4.91. The summed E-state index contributed by atoms with van der Waals surface area (Å²) < 4.78 is 4.65. The Hall–Kier alpha value is -1.56. The van der Waals surface area contributed by atoms with E-state index in [9.17, 15) is 14.7 Å².